The van der Waals surface area contributed by atoms with E-state index in [1.165, 1.54) is 5.69 Å². The molecule has 0 aliphatic rings. The molecule has 1 aromatic heterocycles. The number of ether oxygens (including phenoxy) is 1. The third-order valence-electron chi connectivity index (χ3n) is 2.73. The normalized spacial score (nSPS) is 14.0. The van der Waals surface area contributed by atoms with E-state index in [-0.39, 0.29) is 5.41 Å². The van der Waals surface area contributed by atoms with Gasteiger partial charge in [0.15, 0.2) is 0 Å². The Kier molecular flexibility index (Phi) is 5.67. The lowest BCUT2D eigenvalue weighted by Gasteiger charge is -2.27. The molecule has 0 saturated carbocycles. The molecule has 1 atom stereocenters. The Balaban J connectivity index is 2.97. The summed E-state index contributed by atoms with van der Waals surface area (Å²) < 4.78 is 8.22. The summed E-state index contributed by atoms with van der Waals surface area (Å²) in [6.07, 6.45) is 2.93. The molecular formula is C12H20Br2N2O. The number of hydrogen-bond acceptors (Lipinski definition) is 2. The largest absolute Gasteiger partial charge is 0.383 e. The van der Waals surface area contributed by atoms with Gasteiger partial charge in [-0.15, -0.1) is 0 Å². The molecule has 0 amide bonds. The Bertz CT molecular complexity index is 361. The van der Waals surface area contributed by atoms with Crippen molar-refractivity contribution in [2.45, 2.75) is 44.0 Å². The fourth-order valence-corrected chi connectivity index (χ4v) is 3.82. The topological polar surface area (TPSA) is 27.1 Å². The summed E-state index contributed by atoms with van der Waals surface area (Å²) in [7, 11) is 1.71. The van der Waals surface area contributed by atoms with Gasteiger partial charge in [-0.3, -0.25) is 4.68 Å². The minimum Gasteiger partial charge on any atom is -0.383 e. The van der Waals surface area contributed by atoms with Gasteiger partial charge in [-0.2, -0.15) is 5.10 Å². The van der Waals surface area contributed by atoms with Crippen LogP contribution in [0.5, 0.6) is 0 Å². The number of halogens is 2. The van der Waals surface area contributed by atoms with Crippen molar-refractivity contribution in [2.24, 2.45) is 0 Å². The van der Waals surface area contributed by atoms with Crippen LogP contribution in [-0.2, 0) is 16.7 Å². The summed E-state index contributed by atoms with van der Waals surface area (Å²) in [5.74, 6) is 0. The molecule has 98 valence electrons. The third kappa shape index (κ3) is 4.07. The van der Waals surface area contributed by atoms with Gasteiger partial charge in [-0.25, -0.2) is 0 Å². The number of aromatic nitrogens is 2. The Morgan fingerprint density at radius 3 is 2.71 bits per heavy atom. The lowest BCUT2D eigenvalue weighted by Crippen LogP contribution is -2.26. The molecule has 0 bridgehead atoms. The van der Waals surface area contributed by atoms with Gasteiger partial charge in [0, 0.05) is 17.4 Å². The highest BCUT2D eigenvalue weighted by Gasteiger charge is 2.28. The highest BCUT2D eigenvalue weighted by atomic mass is 79.9. The van der Waals surface area contributed by atoms with Crippen molar-refractivity contribution in [3.8, 4) is 0 Å². The van der Waals surface area contributed by atoms with Crippen molar-refractivity contribution >= 4 is 31.9 Å². The summed E-state index contributed by atoms with van der Waals surface area (Å²) in [6.45, 7) is 8.13. The summed E-state index contributed by atoms with van der Waals surface area (Å²) in [5.41, 5.74) is 1.31. The average Bonchev–Trinajstić information content (AvgIpc) is 2.55. The minimum absolute atomic E-state index is 0.0754. The summed E-state index contributed by atoms with van der Waals surface area (Å²) in [4.78, 5) is 0.482. The van der Waals surface area contributed by atoms with Gasteiger partial charge in [0.25, 0.3) is 0 Å². The molecule has 0 aromatic carbocycles. The second-order valence-electron chi connectivity index (χ2n) is 4.93. The summed E-state index contributed by atoms with van der Waals surface area (Å²) in [5, 5.41) is 4.40. The van der Waals surface area contributed by atoms with Crippen LogP contribution < -0.4 is 0 Å². The van der Waals surface area contributed by atoms with Crippen LogP contribution in [-0.4, -0.2) is 28.3 Å². The monoisotopic (exact) mass is 366 g/mol. The Hall–Kier alpha value is 0.130. The number of methoxy groups -OCH3 is 1. The number of rotatable bonds is 6. The smallest absolute Gasteiger partial charge is 0.0659 e. The van der Waals surface area contributed by atoms with Crippen LogP contribution in [0.2, 0.25) is 0 Å². The molecule has 0 aliphatic heterocycles. The third-order valence-corrected chi connectivity index (χ3v) is 3.64. The molecular weight excluding hydrogens is 348 g/mol. The van der Waals surface area contributed by atoms with Gasteiger partial charge in [-0.1, -0.05) is 36.7 Å². The molecule has 1 rings (SSSR count). The zero-order valence-electron chi connectivity index (χ0n) is 10.8. The van der Waals surface area contributed by atoms with E-state index in [0.717, 1.165) is 17.4 Å². The van der Waals surface area contributed by atoms with Gasteiger partial charge < -0.3 is 4.74 Å². The highest BCUT2D eigenvalue weighted by molar-refractivity contribution is 9.10. The van der Waals surface area contributed by atoms with Crippen molar-refractivity contribution in [1.82, 2.24) is 9.78 Å². The van der Waals surface area contributed by atoms with Crippen molar-refractivity contribution < 1.29 is 4.74 Å². The number of hydrogen-bond donors (Lipinski definition) is 0. The molecule has 1 unspecified atom stereocenters. The maximum absolute atomic E-state index is 5.12. The van der Waals surface area contributed by atoms with Crippen molar-refractivity contribution in [2.75, 3.05) is 13.7 Å². The van der Waals surface area contributed by atoms with E-state index < -0.39 is 0 Å². The number of alkyl halides is 1. The Morgan fingerprint density at radius 1 is 1.53 bits per heavy atom. The molecule has 0 saturated heterocycles. The standard InChI is InChI=1S/C12H20Br2N2O/c1-9(13)7-12(2,3)11-10(14)8-15-16(11)5-6-17-4/h8-9H,5-7H2,1-4H3. The first-order valence-corrected chi connectivity index (χ1v) is 7.44. The molecule has 1 heterocycles. The second-order valence-corrected chi connectivity index (χ2v) is 7.34. The van der Waals surface area contributed by atoms with E-state index in [1.54, 1.807) is 7.11 Å². The molecule has 0 spiro atoms. The first kappa shape index (κ1) is 15.2. The maximum Gasteiger partial charge on any atom is 0.0659 e. The second kappa shape index (κ2) is 6.34. The summed E-state index contributed by atoms with van der Waals surface area (Å²) in [6, 6.07) is 0. The Morgan fingerprint density at radius 2 is 2.18 bits per heavy atom. The van der Waals surface area contributed by atoms with Crippen LogP contribution >= 0.6 is 31.9 Å². The number of nitrogens with zero attached hydrogens (tertiary/aromatic N) is 2. The molecule has 0 aliphatic carbocycles. The lowest BCUT2D eigenvalue weighted by atomic mass is 9.84. The molecule has 5 heteroatoms. The van der Waals surface area contributed by atoms with Gasteiger partial charge >= 0.3 is 0 Å². The molecule has 0 N–H and O–H groups in total. The van der Waals surface area contributed by atoms with Crippen LogP contribution in [0, 0.1) is 0 Å². The van der Waals surface area contributed by atoms with E-state index in [1.807, 2.05) is 10.9 Å². The minimum atomic E-state index is 0.0754. The van der Waals surface area contributed by atoms with E-state index in [4.69, 9.17) is 4.74 Å². The highest BCUT2D eigenvalue weighted by Crippen LogP contribution is 2.35. The van der Waals surface area contributed by atoms with Gasteiger partial charge in [-0.05, 0) is 22.4 Å². The van der Waals surface area contributed by atoms with Crippen molar-refractivity contribution in [1.29, 1.82) is 0 Å². The molecule has 17 heavy (non-hydrogen) atoms. The predicted molar refractivity (Wildman–Crippen MR) is 77.8 cm³/mol. The van der Waals surface area contributed by atoms with Crippen LogP contribution in [0.15, 0.2) is 10.7 Å². The summed E-state index contributed by atoms with van der Waals surface area (Å²) >= 11 is 7.22. The van der Waals surface area contributed by atoms with Gasteiger partial charge in [0.2, 0.25) is 0 Å². The van der Waals surface area contributed by atoms with E-state index >= 15 is 0 Å². The predicted octanol–water partition coefficient (Wildman–Crippen LogP) is 3.74. The van der Waals surface area contributed by atoms with E-state index in [2.05, 4.69) is 57.7 Å². The first-order chi connectivity index (χ1) is 7.88. The van der Waals surface area contributed by atoms with Crippen LogP contribution in [0.4, 0.5) is 0 Å². The van der Waals surface area contributed by atoms with Crippen molar-refractivity contribution in [3.05, 3.63) is 16.4 Å². The fraction of sp³-hybridized carbons (Fsp3) is 0.750. The van der Waals surface area contributed by atoms with Crippen molar-refractivity contribution in [3.63, 3.8) is 0 Å². The van der Waals surface area contributed by atoms with Crippen LogP contribution in [0.1, 0.15) is 32.9 Å². The molecule has 1 aromatic rings. The Labute approximate surface area is 120 Å². The lowest BCUT2D eigenvalue weighted by molar-refractivity contribution is 0.180. The van der Waals surface area contributed by atoms with Gasteiger partial charge in [0.05, 0.1) is 29.5 Å². The molecule has 0 fully saturated rings. The van der Waals surface area contributed by atoms with E-state index in [9.17, 15) is 0 Å². The zero-order valence-corrected chi connectivity index (χ0v) is 14.0. The SMILES string of the molecule is COCCn1ncc(Br)c1C(C)(C)CC(C)Br. The molecule has 0 radical (unpaired) electrons. The van der Waals surface area contributed by atoms with E-state index in [0.29, 0.717) is 11.4 Å². The zero-order chi connectivity index (χ0) is 13.1. The quantitative estimate of drug-likeness (QED) is 0.716. The fourth-order valence-electron chi connectivity index (χ4n) is 2.18. The molecule has 3 nitrogen and oxygen atoms in total. The van der Waals surface area contributed by atoms with Gasteiger partial charge in [0.1, 0.15) is 0 Å². The average molecular weight is 368 g/mol. The first-order valence-electron chi connectivity index (χ1n) is 5.73. The van der Waals surface area contributed by atoms with Crippen LogP contribution in [0.25, 0.3) is 0 Å². The van der Waals surface area contributed by atoms with Crippen LogP contribution in [0.3, 0.4) is 0 Å². The maximum atomic E-state index is 5.12.